The minimum atomic E-state index is -1.98. The van der Waals surface area contributed by atoms with Crippen molar-refractivity contribution in [1.82, 2.24) is 25.1 Å². The first-order valence-corrected chi connectivity index (χ1v) is 9.11. The van der Waals surface area contributed by atoms with Crippen molar-refractivity contribution in [2.24, 2.45) is 10.9 Å². The van der Waals surface area contributed by atoms with Gasteiger partial charge >= 0.3 is 5.97 Å². The molecule has 2 heterocycles. The number of non-ortho nitro benzene ring substituents is 1. The summed E-state index contributed by atoms with van der Waals surface area (Å²) in [6.07, 6.45) is 0. The summed E-state index contributed by atoms with van der Waals surface area (Å²) in [6.45, 7) is 0. The molecule has 0 aliphatic rings. The number of nitro groups is 1. The average Bonchev–Trinajstić information content (AvgIpc) is 3.20. The number of hydrazone groups is 1. The largest absolute Gasteiger partial charge is 0.464 e. The van der Waals surface area contributed by atoms with Crippen LogP contribution >= 0.6 is 12.2 Å². The summed E-state index contributed by atoms with van der Waals surface area (Å²) in [5, 5.41) is 21.1. The zero-order valence-electron chi connectivity index (χ0n) is 16.4. The maximum Gasteiger partial charge on any atom is 0.355 e. The number of anilines is 1. The normalized spacial score (nSPS) is 12.2. The quantitative estimate of drug-likeness (QED) is 0.0548. The van der Waals surface area contributed by atoms with Crippen LogP contribution in [0, 0.1) is 14.9 Å². The van der Waals surface area contributed by atoms with Gasteiger partial charge in [0.05, 0.1) is 23.1 Å². The van der Waals surface area contributed by atoms with E-state index in [-0.39, 0.29) is 27.4 Å². The number of carbonyl (C=O) groups is 3. The molecule has 1 amide bonds. The van der Waals surface area contributed by atoms with Crippen molar-refractivity contribution in [3.8, 4) is 0 Å². The number of carbonyl (C=O) groups excluding carboxylic acids is 3. The molecule has 1 aromatic carbocycles. The van der Waals surface area contributed by atoms with Crippen LogP contribution in [0.2, 0.25) is 0 Å². The number of nitro benzene ring substituents is 1. The number of H-pyrrole nitrogens is 3. The van der Waals surface area contributed by atoms with Gasteiger partial charge in [-0.05, 0) is 18.3 Å². The van der Waals surface area contributed by atoms with E-state index in [1.165, 1.54) is 6.07 Å². The molecule has 2 aromatic heterocycles. The van der Waals surface area contributed by atoms with Crippen LogP contribution in [0.15, 0.2) is 28.1 Å². The average molecular weight is 475 g/mol. The second-order valence-corrected chi connectivity index (χ2v) is 6.57. The van der Waals surface area contributed by atoms with E-state index < -0.39 is 45.5 Å². The first kappa shape index (κ1) is 22.9. The van der Waals surface area contributed by atoms with Crippen molar-refractivity contribution in [3.63, 3.8) is 0 Å². The number of hydrogen-bond acceptors (Lipinski definition) is 12. The molecule has 0 saturated carbocycles. The lowest BCUT2D eigenvalue weighted by Gasteiger charge is -2.15. The van der Waals surface area contributed by atoms with Gasteiger partial charge in [-0.2, -0.15) is 10.1 Å². The molecular weight excluding hydrogens is 462 g/mol. The Bertz CT molecular complexity index is 1440. The van der Waals surface area contributed by atoms with Crippen molar-refractivity contribution in [1.29, 1.82) is 0 Å². The Balaban J connectivity index is 2.13. The fourth-order valence-electron chi connectivity index (χ4n) is 2.75. The summed E-state index contributed by atoms with van der Waals surface area (Å²) in [7, 11) is 0.968. The molecule has 0 unspecified atom stereocenters. The van der Waals surface area contributed by atoms with E-state index in [9.17, 15) is 29.3 Å². The van der Waals surface area contributed by atoms with Gasteiger partial charge in [-0.3, -0.25) is 40.0 Å². The van der Waals surface area contributed by atoms with Gasteiger partial charge in [0.1, 0.15) is 11.6 Å². The molecule has 16 nitrogen and oxygen atoms in total. The second kappa shape index (κ2) is 9.14. The van der Waals surface area contributed by atoms with Gasteiger partial charge in [-0.15, -0.1) is 0 Å². The van der Waals surface area contributed by atoms with Gasteiger partial charge in [0.15, 0.2) is 5.71 Å². The Labute approximate surface area is 186 Å². The number of rotatable bonds is 7. The van der Waals surface area contributed by atoms with Crippen LogP contribution in [-0.2, 0) is 19.1 Å². The summed E-state index contributed by atoms with van der Waals surface area (Å²) in [6, 6.07) is 3.36. The molecule has 0 radical (unpaired) electrons. The fraction of sp³-hybridized carbons (Fsp3) is 0.125. The maximum atomic E-state index is 13.0. The summed E-state index contributed by atoms with van der Waals surface area (Å²) in [5.74, 6) is -0.813. The van der Waals surface area contributed by atoms with Crippen molar-refractivity contribution in [2.75, 3.05) is 12.4 Å². The van der Waals surface area contributed by atoms with Crippen LogP contribution in [0.5, 0.6) is 0 Å². The van der Waals surface area contributed by atoms with Crippen LogP contribution in [0.4, 0.5) is 11.6 Å². The lowest BCUT2D eigenvalue weighted by Crippen LogP contribution is -2.40. The predicted molar refractivity (Wildman–Crippen MR) is 113 cm³/mol. The number of nitrogens with two attached hydrogens (primary N) is 1. The van der Waals surface area contributed by atoms with Crippen LogP contribution in [0.3, 0.4) is 0 Å². The number of nitrogens with zero attached hydrogens (tertiary/aromatic N) is 4. The Kier molecular flexibility index (Phi) is 6.34. The lowest BCUT2D eigenvalue weighted by molar-refractivity contribution is -0.384. The molecular formula is C16H13N9O7S. The SMILES string of the molecule is COC(=O)/C(=N/N)[C@H](C(=O)C(=O)Nc1nc(=S)[nH][nH]1)c1nc2ccc([N+](=O)[O-])cc2[nH]c1=O. The molecule has 0 fully saturated rings. The standard InChI is InChI=1S/C16H13N9O7S/c1-32-14(29)10(22-17)8(11(26)13(28)20-15-21-16(33)24-23-15)9-12(27)19-7-4-5(25(30)31)2-3-6(7)18-9/h2-4,8H,17H2,1H3,(H,19,27)(H3,20,21,23,24,28,33)/b22-10+/t8-/m1/s1. The molecule has 6 N–H and O–H groups in total. The van der Waals surface area contributed by atoms with E-state index >= 15 is 0 Å². The molecule has 1 atom stereocenters. The summed E-state index contributed by atoms with van der Waals surface area (Å²) < 4.78 is 4.52. The zero-order chi connectivity index (χ0) is 24.3. The molecule has 3 rings (SSSR count). The predicted octanol–water partition coefficient (Wildman–Crippen LogP) is -0.609. The number of esters is 1. The van der Waals surface area contributed by atoms with Gasteiger partial charge in [0.2, 0.25) is 16.5 Å². The first-order chi connectivity index (χ1) is 15.7. The van der Waals surface area contributed by atoms with Crippen molar-refractivity contribution in [3.05, 3.63) is 49.1 Å². The van der Waals surface area contributed by atoms with Gasteiger partial charge in [-0.1, -0.05) is 0 Å². The number of methoxy groups -OCH3 is 1. The molecule has 0 aliphatic heterocycles. The molecule has 0 aliphatic carbocycles. The smallest absolute Gasteiger partial charge is 0.355 e. The molecule has 17 heteroatoms. The number of benzene rings is 1. The molecule has 3 aromatic rings. The molecule has 0 saturated heterocycles. The summed E-state index contributed by atoms with van der Waals surface area (Å²) in [5.41, 5.74) is -2.77. The molecule has 0 spiro atoms. The van der Waals surface area contributed by atoms with E-state index in [0.717, 1.165) is 19.2 Å². The number of aromatic amines is 3. The van der Waals surface area contributed by atoms with Crippen molar-refractivity contribution >= 4 is 58.3 Å². The Hall–Kier alpha value is -4.80. The Morgan fingerprint density at radius 1 is 1.30 bits per heavy atom. The zero-order valence-corrected chi connectivity index (χ0v) is 17.3. The monoisotopic (exact) mass is 475 g/mol. The third kappa shape index (κ3) is 4.61. The highest BCUT2D eigenvalue weighted by Gasteiger charge is 2.39. The van der Waals surface area contributed by atoms with E-state index in [2.05, 4.69) is 40.3 Å². The van der Waals surface area contributed by atoms with Gasteiger partial charge in [0.25, 0.3) is 17.2 Å². The van der Waals surface area contributed by atoms with Crippen LogP contribution in [0.25, 0.3) is 11.0 Å². The summed E-state index contributed by atoms with van der Waals surface area (Å²) in [4.78, 5) is 70.7. The van der Waals surface area contributed by atoms with Gasteiger partial charge < -0.3 is 15.6 Å². The number of hydrogen-bond donors (Lipinski definition) is 5. The number of aromatic nitrogens is 5. The first-order valence-electron chi connectivity index (χ1n) is 8.70. The minimum Gasteiger partial charge on any atom is -0.464 e. The molecule has 170 valence electrons. The molecule has 0 bridgehead atoms. The van der Waals surface area contributed by atoms with E-state index in [1.807, 2.05) is 0 Å². The molecule has 33 heavy (non-hydrogen) atoms. The van der Waals surface area contributed by atoms with E-state index in [0.29, 0.717) is 0 Å². The van der Waals surface area contributed by atoms with E-state index in [1.54, 1.807) is 0 Å². The second-order valence-electron chi connectivity index (χ2n) is 6.18. The number of fused-ring (bicyclic) bond motifs is 1. The number of Topliss-reactive ketones (excluding diaryl/α,β-unsaturated/α-hetero) is 1. The Morgan fingerprint density at radius 2 is 2.03 bits per heavy atom. The third-order valence-electron chi connectivity index (χ3n) is 4.21. The van der Waals surface area contributed by atoms with Crippen LogP contribution in [0.1, 0.15) is 11.6 Å². The summed E-state index contributed by atoms with van der Waals surface area (Å²) >= 11 is 4.75. The van der Waals surface area contributed by atoms with Crippen LogP contribution < -0.4 is 16.7 Å². The number of ether oxygens (including phenoxy) is 1. The highest BCUT2D eigenvalue weighted by molar-refractivity contribution is 7.71. The van der Waals surface area contributed by atoms with Gasteiger partial charge in [0, 0.05) is 12.1 Å². The maximum absolute atomic E-state index is 13.0. The lowest BCUT2D eigenvalue weighted by atomic mass is 9.93. The van der Waals surface area contributed by atoms with E-state index in [4.69, 9.17) is 18.1 Å². The fourth-order valence-corrected chi connectivity index (χ4v) is 2.90. The van der Waals surface area contributed by atoms with Crippen molar-refractivity contribution in [2.45, 2.75) is 5.92 Å². The minimum absolute atomic E-state index is 0.0187. The number of nitrogens with one attached hydrogen (secondary N) is 4. The van der Waals surface area contributed by atoms with Crippen molar-refractivity contribution < 1.29 is 24.0 Å². The third-order valence-corrected chi connectivity index (χ3v) is 4.41. The number of amides is 1. The highest BCUT2D eigenvalue weighted by Crippen LogP contribution is 2.21. The Morgan fingerprint density at radius 3 is 2.61 bits per heavy atom. The van der Waals surface area contributed by atoms with Gasteiger partial charge in [-0.25, -0.2) is 9.78 Å². The number of ketones is 1. The topological polar surface area (TPSA) is 244 Å². The van der Waals surface area contributed by atoms with Crippen LogP contribution in [-0.4, -0.2) is 60.6 Å². The highest BCUT2D eigenvalue weighted by atomic mass is 32.1.